The molecule has 0 bridgehead atoms. The van der Waals surface area contributed by atoms with E-state index in [4.69, 9.17) is 9.47 Å². The molecule has 3 aromatic rings. The van der Waals surface area contributed by atoms with Crippen LogP contribution in [0.4, 0.5) is 0 Å². The lowest BCUT2D eigenvalue weighted by molar-refractivity contribution is -0.00305. The fourth-order valence-electron chi connectivity index (χ4n) is 4.35. The van der Waals surface area contributed by atoms with Gasteiger partial charge in [0.25, 0.3) is 5.91 Å². The van der Waals surface area contributed by atoms with E-state index in [-0.39, 0.29) is 11.9 Å². The van der Waals surface area contributed by atoms with Crippen LogP contribution in [0.2, 0.25) is 0 Å². The van der Waals surface area contributed by atoms with Gasteiger partial charge in [0.1, 0.15) is 5.75 Å². The van der Waals surface area contributed by atoms with Gasteiger partial charge in [-0.25, -0.2) is 4.79 Å². The molecular weight excluding hydrogens is 354 g/mol. The van der Waals surface area contributed by atoms with Crippen LogP contribution in [0.1, 0.15) is 32.7 Å². The summed E-state index contributed by atoms with van der Waals surface area (Å²) in [5.41, 5.74) is 1.42. The number of amides is 1. The van der Waals surface area contributed by atoms with Gasteiger partial charge < -0.3 is 14.4 Å². The molecule has 1 amide bonds. The predicted molar refractivity (Wildman–Crippen MR) is 105 cm³/mol. The zero-order valence-corrected chi connectivity index (χ0v) is 15.5. The summed E-state index contributed by atoms with van der Waals surface area (Å²) in [7, 11) is 1.63. The Balaban J connectivity index is 1.49. The second kappa shape index (κ2) is 6.09. The number of likely N-dealkylation sites (tertiary alicyclic amines) is 1. The first kappa shape index (κ1) is 16.8. The Morgan fingerprint density at radius 3 is 2.82 bits per heavy atom. The van der Waals surface area contributed by atoms with Gasteiger partial charge in [0.2, 0.25) is 0 Å². The SMILES string of the molecule is COc1ccc2c(C(=O)N3CCC4(C3)OC(=O)c3ccccc34)cccc2c1. The van der Waals surface area contributed by atoms with Crippen LogP contribution in [-0.2, 0) is 10.3 Å². The minimum absolute atomic E-state index is 0.0481. The van der Waals surface area contributed by atoms with E-state index in [1.165, 1.54) is 0 Å². The summed E-state index contributed by atoms with van der Waals surface area (Å²) in [5, 5.41) is 1.84. The van der Waals surface area contributed by atoms with Gasteiger partial charge in [0, 0.05) is 24.1 Å². The van der Waals surface area contributed by atoms with Crippen LogP contribution < -0.4 is 4.74 Å². The molecule has 1 saturated heterocycles. The Kier molecular flexibility index (Phi) is 3.66. The van der Waals surface area contributed by atoms with E-state index in [0.29, 0.717) is 30.6 Å². The molecule has 0 N–H and O–H groups in total. The molecule has 2 aliphatic rings. The third-order valence-electron chi connectivity index (χ3n) is 5.76. The lowest BCUT2D eigenvalue weighted by atomic mass is 9.91. The molecule has 0 saturated carbocycles. The van der Waals surface area contributed by atoms with Crippen molar-refractivity contribution in [3.8, 4) is 5.75 Å². The summed E-state index contributed by atoms with van der Waals surface area (Å²) in [4.78, 5) is 27.4. The molecule has 1 spiro atoms. The molecule has 0 aromatic heterocycles. The number of benzene rings is 3. The van der Waals surface area contributed by atoms with E-state index >= 15 is 0 Å². The van der Waals surface area contributed by atoms with E-state index in [0.717, 1.165) is 22.1 Å². The maximum atomic E-state index is 13.3. The zero-order chi connectivity index (χ0) is 19.3. The van der Waals surface area contributed by atoms with Crippen LogP contribution >= 0.6 is 0 Å². The molecule has 1 atom stereocenters. The molecule has 140 valence electrons. The average molecular weight is 373 g/mol. The van der Waals surface area contributed by atoms with Crippen molar-refractivity contribution in [3.63, 3.8) is 0 Å². The van der Waals surface area contributed by atoms with Gasteiger partial charge in [-0.15, -0.1) is 0 Å². The van der Waals surface area contributed by atoms with Gasteiger partial charge in [-0.2, -0.15) is 0 Å². The van der Waals surface area contributed by atoms with E-state index in [2.05, 4.69) is 0 Å². The number of carbonyl (C=O) groups excluding carboxylic acids is 2. The number of esters is 1. The smallest absolute Gasteiger partial charge is 0.339 e. The van der Waals surface area contributed by atoms with Crippen LogP contribution in [0.25, 0.3) is 10.8 Å². The van der Waals surface area contributed by atoms with Crippen molar-refractivity contribution in [1.82, 2.24) is 4.90 Å². The fourth-order valence-corrected chi connectivity index (χ4v) is 4.35. The molecule has 0 radical (unpaired) electrons. The van der Waals surface area contributed by atoms with Crippen molar-refractivity contribution in [2.75, 3.05) is 20.2 Å². The second-order valence-corrected chi connectivity index (χ2v) is 7.30. The fraction of sp³-hybridized carbons (Fsp3) is 0.217. The van der Waals surface area contributed by atoms with Crippen molar-refractivity contribution in [2.24, 2.45) is 0 Å². The first-order chi connectivity index (χ1) is 13.6. The number of carbonyl (C=O) groups is 2. The van der Waals surface area contributed by atoms with E-state index in [1.54, 1.807) is 18.1 Å². The van der Waals surface area contributed by atoms with E-state index in [1.807, 2.05) is 54.6 Å². The summed E-state index contributed by atoms with van der Waals surface area (Å²) >= 11 is 0. The average Bonchev–Trinajstić information content (AvgIpc) is 3.28. The summed E-state index contributed by atoms with van der Waals surface area (Å²) in [6.07, 6.45) is 0.611. The van der Waals surface area contributed by atoms with E-state index in [9.17, 15) is 9.59 Å². The first-order valence-electron chi connectivity index (χ1n) is 9.30. The highest BCUT2D eigenvalue weighted by Gasteiger charge is 2.50. The monoisotopic (exact) mass is 373 g/mol. The molecule has 0 aliphatic carbocycles. The van der Waals surface area contributed by atoms with Gasteiger partial charge in [0.15, 0.2) is 5.60 Å². The lowest BCUT2D eigenvalue weighted by Crippen LogP contribution is -2.34. The second-order valence-electron chi connectivity index (χ2n) is 7.30. The highest BCUT2D eigenvalue weighted by atomic mass is 16.6. The minimum Gasteiger partial charge on any atom is -0.497 e. The molecule has 5 rings (SSSR count). The van der Waals surface area contributed by atoms with Gasteiger partial charge in [-0.3, -0.25) is 4.79 Å². The topological polar surface area (TPSA) is 55.8 Å². The molecule has 2 aliphatic heterocycles. The summed E-state index contributed by atoms with van der Waals surface area (Å²) in [6, 6.07) is 18.8. The standard InChI is InChI=1S/C23H19NO4/c1-27-16-9-10-17-15(13-16)5-4-7-18(17)21(25)24-12-11-23(14-24)20-8-3-2-6-19(20)22(26)28-23/h2-10,13H,11-12,14H2,1H3. The third-order valence-corrected chi connectivity index (χ3v) is 5.76. The van der Waals surface area contributed by atoms with E-state index < -0.39 is 5.60 Å². The minimum atomic E-state index is -0.725. The Morgan fingerprint density at radius 2 is 1.96 bits per heavy atom. The zero-order valence-electron chi connectivity index (χ0n) is 15.5. The molecule has 3 aromatic carbocycles. The van der Waals surface area contributed by atoms with Crippen LogP contribution in [-0.4, -0.2) is 37.0 Å². The quantitative estimate of drug-likeness (QED) is 0.642. The normalized spacial score (nSPS) is 20.5. The third kappa shape index (κ3) is 2.39. The molecule has 28 heavy (non-hydrogen) atoms. The molecule has 5 heteroatoms. The molecule has 2 heterocycles. The van der Waals surface area contributed by atoms with Gasteiger partial charge >= 0.3 is 5.97 Å². The van der Waals surface area contributed by atoms with Crippen molar-refractivity contribution < 1.29 is 19.1 Å². The summed E-state index contributed by atoms with van der Waals surface area (Å²) in [6.45, 7) is 0.925. The number of methoxy groups -OCH3 is 1. The number of nitrogens with zero attached hydrogens (tertiary/aromatic N) is 1. The van der Waals surface area contributed by atoms with Gasteiger partial charge in [-0.1, -0.05) is 30.3 Å². The maximum Gasteiger partial charge on any atom is 0.339 e. The van der Waals surface area contributed by atoms with Crippen LogP contribution in [0, 0.1) is 0 Å². The first-order valence-corrected chi connectivity index (χ1v) is 9.30. The van der Waals surface area contributed by atoms with Crippen molar-refractivity contribution in [2.45, 2.75) is 12.0 Å². The number of hydrogen-bond donors (Lipinski definition) is 0. The number of hydrogen-bond acceptors (Lipinski definition) is 4. The van der Waals surface area contributed by atoms with Gasteiger partial charge in [-0.05, 0) is 41.1 Å². The summed E-state index contributed by atoms with van der Waals surface area (Å²) in [5.74, 6) is 0.405. The predicted octanol–water partition coefficient (Wildman–Crippen LogP) is 3.76. The Labute approximate surface area is 162 Å². The highest BCUT2D eigenvalue weighted by molar-refractivity contribution is 6.07. The highest BCUT2D eigenvalue weighted by Crippen LogP contribution is 2.43. The lowest BCUT2D eigenvalue weighted by Gasteiger charge is -2.24. The Morgan fingerprint density at radius 1 is 1.11 bits per heavy atom. The molecule has 5 nitrogen and oxygen atoms in total. The molecule has 1 fully saturated rings. The Hall–Kier alpha value is -3.34. The van der Waals surface area contributed by atoms with Crippen LogP contribution in [0.3, 0.4) is 0 Å². The number of rotatable bonds is 2. The number of ether oxygens (including phenoxy) is 2. The van der Waals surface area contributed by atoms with Crippen molar-refractivity contribution >= 4 is 22.6 Å². The van der Waals surface area contributed by atoms with Crippen LogP contribution in [0.15, 0.2) is 60.7 Å². The number of fused-ring (bicyclic) bond motifs is 3. The molecular formula is C23H19NO4. The Bertz CT molecular complexity index is 1120. The molecule has 1 unspecified atom stereocenters. The van der Waals surface area contributed by atoms with Crippen molar-refractivity contribution in [3.05, 3.63) is 77.4 Å². The summed E-state index contributed by atoms with van der Waals surface area (Å²) < 4.78 is 11.1. The van der Waals surface area contributed by atoms with Crippen molar-refractivity contribution in [1.29, 1.82) is 0 Å². The maximum absolute atomic E-state index is 13.3. The van der Waals surface area contributed by atoms with Crippen LogP contribution in [0.5, 0.6) is 5.75 Å². The largest absolute Gasteiger partial charge is 0.497 e. The van der Waals surface area contributed by atoms with Gasteiger partial charge in [0.05, 0.1) is 19.2 Å².